The van der Waals surface area contributed by atoms with Crippen molar-refractivity contribution >= 4 is 11.3 Å². The molecule has 4 fully saturated rings. The van der Waals surface area contributed by atoms with Crippen molar-refractivity contribution in [1.29, 1.82) is 5.26 Å². The van der Waals surface area contributed by atoms with Crippen molar-refractivity contribution < 1.29 is 0 Å². The Balaban J connectivity index is 1.43. The van der Waals surface area contributed by atoms with Crippen LogP contribution in [0.25, 0.3) is 0 Å². The first-order valence-electron chi connectivity index (χ1n) is 8.39. The third-order valence-corrected chi connectivity index (χ3v) is 7.35. The minimum Gasteiger partial charge on any atom is -0.309 e. The van der Waals surface area contributed by atoms with Crippen molar-refractivity contribution in [2.24, 2.45) is 23.2 Å². The van der Waals surface area contributed by atoms with Crippen LogP contribution >= 0.6 is 11.3 Å². The largest absolute Gasteiger partial charge is 0.309 e. The topological polar surface area (TPSA) is 35.8 Å². The Morgan fingerprint density at radius 1 is 1.24 bits per heavy atom. The van der Waals surface area contributed by atoms with Crippen molar-refractivity contribution in [3.63, 3.8) is 0 Å². The van der Waals surface area contributed by atoms with E-state index in [-0.39, 0.29) is 0 Å². The molecule has 0 aromatic carbocycles. The summed E-state index contributed by atoms with van der Waals surface area (Å²) in [5.74, 6) is 3.06. The molecule has 1 heterocycles. The van der Waals surface area contributed by atoms with Gasteiger partial charge in [-0.15, -0.1) is 11.3 Å². The fraction of sp³-hybridized carbons (Fsp3) is 0.722. The second-order valence-electron chi connectivity index (χ2n) is 7.76. The van der Waals surface area contributed by atoms with E-state index >= 15 is 0 Å². The van der Waals surface area contributed by atoms with Crippen LogP contribution in [-0.2, 0) is 6.54 Å². The molecule has 21 heavy (non-hydrogen) atoms. The van der Waals surface area contributed by atoms with Crippen LogP contribution in [0.4, 0.5) is 0 Å². The van der Waals surface area contributed by atoms with Crippen molar-refractivity contribution in [3.8, 4) is 6.07 Å². The lowest BCUT2D eigenvalue weighted by Crippen LogP contribution is -2.54. The molecule has 1 unspecified atom stereocenters. The molecule has 2 nitrogen and oxygen atoms in total. The predicted octanol–water partition coefficient (Wildman–Crippen LogP) is 4.31. The molecule has 1 N–H and O–H groups in total. The molecule has 1 atom stereocenters. The Labute approximate surface area is 131 Å². The summed E-state index contributed by atoms with van der Waals surface area (Å²) >= 11 is 1.63. The molecule has 0 spiro atoms. The molecule has 5 rings (SSSR count). The Hall–Kier alpha value is -0.850. The second-order valence-corrected chi connectivity index (χ2v) is 8.93. The van der Waals surface area contributed by atoms with Crippen LogP contribution in [0, 0.1) is 34.5 Å². The van der Waals surface area contributed by atoms with E-state index in [2.05, 4.69) is 24.4 Å². The van der Waals surface area contributed by atoms with E-state index in [4.69, 9.17) is 5.26 Å². The number of hydrogen-bond acceptors (Lipinski definition) is 3. The molecule has 4 aliphatic rings. The molecule has 1 aromatic rings. The summed E-state index contributed by atoms with van der Waals surface area (Å²) in [5, 5.41) is 12.7. The smallest absolute Gasteiger partial charge is 0.110 e. The lowest BCUT2D eigenvalue weighted by molar-refractivity contribution is -0.0706. The number of thiophene rings is 1. The number of rotatable bonds is 4. The Kier molecular flexibility index (Phi) is 3.35. The molecule has 4 saturated carbocycles. The third-order valence-electron chi connectivity index (χ3n) is 6.36. The first-order chi connectivity index (χ1) is 10.2. The molecule has 3 heteroatoms. The van der Waals surface area contributed by atoms with Crippen molar-refractivity contribution in [1.82, 2.24) is 5.32 Å². The number of nitriles is 1. The van der Waals surface area contributed by atoms with E-state index in [1.807, 2.05) is 6.07 Å². The maximum atomic E-state index is 8.92. The second kappa shape index (κ2) is 5.11. The lowest BCUT2D eigenvalue weighted by Gasteiger charge is -2.59. The Morgan fingerprint density at radius 3 is 2.38 bits per heavy atom. The summed E-state index contributed by atoms with van der Waals surface area (Å²) in [6.07, 6.45) is 8.93. The normalized spacial score (nSPS) is 38.4. The summed E-state index contributed by atoms with van der Waals surface area (Å²) in [4.78, 5) is 2.12. The zero-order chi connectivity index (χ0) is 14.4. The van der Waals surface area contributed by atoms with Gasteiger partial charge in [0.15, 0.2) is 0 Å². The van der Waals surface area contributed by atoms with Gasteiger partial charge in [-0.2, -0.15) is 5.26 Å². The molecule has 0 saturated heterocycles. The van der Waals surface area contributed by atoms with Gasteiger partial charge in [0, 0.05) is 17.5 Å². The molecule has 0 aliphatic heterocycles. The molecular weight excluding hydrogens is 276 g/mol. The van der Waals surface area contributed by atoms with E-state index in [0.717, 1.165) is 29.2 Å². The summed E-state index contributed by atoms with van der Waals surface area (Å²) in [5.41, 5.74) is 0.573. The van der Waals surface area contributed by atoms with E-state index in [9.17, 15) is 0 Å². The van der Waals surface area contributed by atoms with Gasteiger partial charge in [0.2, 0.25) is 0 Å². The van der Waals surface area contributed by atoms with Gasteiger partial charge in [-0.1, -0.05) is 0 Å². The Bertz CT molecular complexity index is 533. The van der Waals surface area contributed by atoms with Crippen LogP contribution < -0.4 is 5.32 Å². The maximum Gasteiger partial charge on any atom is 0.110 e. The number of nitrogens with one attached hydrogen (secondary N) is 1. The summed E-state index contributed by atoms with van der Waals surface area (Å²) in [6.45, 7) is 3.33. The van der Waals surface area contributed by atoms with E-state index in [0.29, 0.717) is 11.5 Å². The minimum atomic E-state index is 0.573. The highest BCUT2D eigenvalue weighted by Crippen LogP contribution is 2.61. The van der Waals surface area contributed by atoms with Crippen LogP contribution in [-0.4, -0.2) is 6.04 Å². The van der Waals surface area contributed by atoms with Gasteiger partial charge in [0.1, 0.15) is 10.9 Å². The van der Waals surface area contributed by atoms with Gasteiger partial charge in [-0.3, -0.25) is 0 Å². The van der Waals surface area contributed by atoms with Gasteiger partial charge < -0.3 is 5.32 Å². The molecule has 4 bridgehead atoms. The monoisotopic (exact) mass is 300 g/mol. The first kappa shape index (κ1) is 13.8. The van der Waals surface area contributed by atoms with Gasteiger partial charge in [-0.05, 0) is 80.8 Å². The third kappa shape index (κ3) is 2.43. The quantitative estimate of drug-likeness (QED) is 0.899. The fourth-order valence-corrected chi connectivity index (χ4v) is 6.47. The van der Waals surface area contributed by atoms with Crippen LogP contribution in [0.1, 0.15) is 55.2 Å². The van der Waals surface area contributed by atoms with Crippen LogP contribution in [0.2, 0.25) is 0 Å². The van der Waals surface area contributed by atoms with Crippen LogP contribution in [0.15, 0.2) is 12.1 Å². The molecule has 0 radical (unpaired) electrons. The zero-order valence-electron chi connectivity index (χ0n) is 12.8. The van der Waals surface area contributed by atoms with E-state index in [1.165, 1.54) is 43.4 Å². The maximum absolute atomic E-state index is 8.92. The van der Waals surface area contributed by atoms with Crippen molar-refractivity contribution in [2.45, 2.75) is 58.0 Å². The molecule has 1 aromatic heterocycles. The predicted molar refractivity (Wildman–Crippen MR) is 85.9 cm³/mol. The van der Waals surface area contributed by atoms with Gasteiger partial charge in [0.25, 0.3) is 0 Å². The fourth-order valence-electron chi connectivity index (χ4n) is 5.71. The average molecular weight is 300 g/mol. The molecule has 4 aliphatic carbocycles. The van der Waals surface area contributed by atoms with Crippen LogP contribution in [0.3, 0.4) is 0 Å². The Morgan fingerprint density at radius 2 is 1.86 bits per heavy atom. The lowest BCUT2D eigenvalue weighted by atomic mass is 9.48. The highest BCUT2D eigenvalue weighted by molar-refractivity contribution is 7.12. The van der Waals surface area contributed by atoms with Gasteiger partial charge in [-0.25, -0.2) is 0 Å². The zero-order valence-corrected chi connectivity index (χ0v) is 13.6. The summed E-state index contributed by atoms with van der Waals surface area (Å²) in [7, 11) is 0. The summed E-state index contributed by atoms with van der Waals surface area (Å²) in [6, 6.07) is 6.89. The van der Waals surface area contributed by atoms with Gasteiger partial charge in [0.05, 0.1) is 0 Å². The molecule has 112 valence electrons. The van der Waals surface area contributed by atoms with Gasteiger partial charge >= 0.3 is 0 Å². The van der Waals surface area contributed by atoms with Crippen LogP contribution in [0.5, 0.6) is 0 Å². The van der Waals surface area contributed by atoms with E-state index < -0.39 is 0 Å². The molecule has 0 amide bonds. The SMILES string of the molecule is CC(NCc1ccc(C#N)s1)C12CC3CC(CC(C3)C1)C2. The van der Waals surface area contributed by atoms with Crippen molar-refractivity contribution in [3.05, 3.63) is 21.9 Å². The van der Waals surface area contributed by atoms with E-state index in [1.54, 1.807) is 11.3 Å². The highest BCUT2D eigenvalue weighted by Gasteiger charge is 2.52. The number of nitrogens with zero attached hydrogens (tertiary/aromatic N) is 1. The van der Waals surface area contributed by atoms with Crippen molar-refractivity contribution in [2.75, 3.05) is 0 Å². The number of hydrogen-bond donors (Lipinski definition) is 1. The standard InChI is InChI=1S/C18H24N2S/c1-12(20-11-17-3-2-16(10-19)21-17)18-7-13-4-14(8-18)6-15(5-13)9-18/h2-3,12-15,20H,4-9,11H2,1H3. The minimum absolute atomic E-state index is 0.573. The average Bonchev–Trinajstić information content (AvgIpc) is 2.91. The first-order valence-corrected chi connectivity index (χ1v) is 9.21. The summed E-state index contributed by atoms with van der Waals surface area (Å²) < 4.78 is 0. The molecular formula is C18H24N2S. The highest BCUT2D eigenvalue weighted by atomic mass is 32.1.